The SMILES string of the molecule is C[Si](C)(C)CCCCO[Si](C)(CCC(F)(F)F)O[Si](C)(C)O[Si](C)(C)C. The standard InChI is InChI=1S/C16H39F3O3Si4/c1-23(2,3)14-11-10-13-20-26(9,15-12-16(17,18)19)22-25(7,8)21-24(4,5)6/h10-15H2,1-9H3. The molecule has 0 saturated heterocycles. The predicted molar refractivity (Wildman–Crippen MR) is 113 cm³/mol. The molecule has 0 heterocycles. The minimum atomic E-state index is -4.19. The zero-order valence-corrected chi connectivity index (χ0v) is 22.1. The summed E-state index contributed by atoms with van der Waals surface area (Å²) < 4.78 is 56.7. The van der Waals surface area contributed by atoms with Gasteiger partial charge in [-0.05, 0) is 51.7 Å². The van der Waals surface area contributed by atoms with Crippen molar-refractivity contribution in [2.75, 3.05) is 6.61 Å². The maximum atomic E-state index is 12.8. The minimum absolute atomic E-state index is 0.0734. The van der Waals surface area contributed by atoms with Gasteiger partial charge >= 0.3 is 23.3 Å². The van der Waals surface area contributed by atoms with Crippen molar-refractivity contribution in [2.45, 2.75) is 96.5 Å². The predicted octanol–water partition coefficient (Wildman–Crippen LogP) is 6.72. The summed E-state index contributed by atoms with van der Waals surface area (Å²) in [5.74, 6) is 0. The molecule has 10 heteroatoms. The van der Waals surface area contributed by atoms with Gasteiger partial charge in [-0.25, -0.2) is 0 Å². The van der Waals surface area contributed by atoms with E-state index in [2.05, 4.69) is 39.3 Å². The summed E-state index contributed by atoms with van der Waals surface area (Å²) in [5.41, 5.74) is 0. The van der Waals surface area contributed by atoms with Gasteiger partial charge in [0.1, 0.15) is 0 Å². The summed E-state index contributed by atoms with van der Waals surface area (Å²) in [5, 5.41) is 0. The lowest BCUT2D eigenvalue weighted by Crippen LogP contribution is -2.54. The van der Waals surface area contributed by atoms with Crippen LogP contribution in [-0.2, 0) is 12.7 Å². The largest absolute Gasteiger partial charge is 0.437 e. The average Bonchev–Trinajstić information content (AvgIpc) is 2.30. The summed E-state index contributed by atoms with van der Waals surface area (Å²) in [6.07, 6.45) is -3.11. The Hall–Kier alpha value is 0.538. The molecule has 0 saturated carbocycles. The highest BCUT2D eigenvalue weighted by atomic mass is 28.5. The molecule has 0 rings (SSSR count). The number of alkyl halides is 3. The molecule has 0 aromatic carbocycles. The van der Waals surface area contributed by atoms with Gasteiger partial charge in [0, 0.05) is 21.1 Å². The second kappa shape index (κ2) is 9.84. The Morgan fingerprint density at radius 3 is 1.69 bits per heavy atom. The topological polar surface area (TPSA) is 27.7 Å². The Kier molecular flexibility index (Phi) is 10.0. The normalized spacial score (nSPS) is 16.6. The molecular weight excluding hydrogens is 410 g/mol. The van der Waals surface area contributed by atoms with Crippen molar-refractivity contribution < 1.29 is 25.8 Å². The van der Waals surface area contributed by atoms with Crippen molar-refractivity contribution in [1.82, 2.24) is 0 Å². The molecule has 0 N–H and O–H groups in total. The van der Waals surface area contributed by atoms with E-state index in [1.807, 2.05) is 13.1 Å². The van der Waals surface area contributed by atoms with Crippen molar-refractivity contribution >= 4 is 33.5 Å². The zero-order valence-electron chi connectivity index (χ0n) is 18.1. The van der Waals surface area contributed by atoms with Gasteiger partial charge in [-0.3, -0.25) is 0 Å². The van der Waals surface area contributed by atoms with Gasteiger partial charge in [-0.15, -0.1) is 0 Å². The maximum absolute atomic E-state index is 12.8. The molecule has 26 heavy (non-hydrogen) atoms. The van der Waals surface area contributed by atoms with Crippen LogP contribution < -0.4 is 0 Å². The molecule has 0 bridgehead atoms. The van der Waals surface area contributed by atoms with Gasteiger partial charge in [-0.2, -0.15) is 13.2 Å². The summed E-state index contributed by atoms with van der Waals surface area (Å²) in [6, 6.07) is 1.13. The summed E-state index contributed by atoms with van der Waals surface area (Å²) in [6.45, 7) is 19.2. The number of halogens is 3. The van der Waals surface area contributed by atoms with Gasteiger partial charge in [-0.1, -0.05) is 32.1 Å². The molecule has 158 valence electrons. The first-order chi connectivity index (χ1) is 11.3. The van der Waals surface area contributed by atoms with E-state index in [4.69, 9.17) is 12.7 Å². The molecule has 0 aliphatic heterocycles. The second-order valence-corrected chi connectivity index (χ2v) is 27.2. The Labute approximate surface area is 162 Å². The Morgan fingerprint density at radius 1 is 0.731 bits per heavy atom. The Morgan fingerprint density at radius 2 is 1.27 bits per heavy atom. The summed E-state index contributed by atoms with van der Waals surface area (Å²) >= 11 is 0. The van der Waals surface area contributed by atoms with E-state index in [0.29, 0.717) is 6.61 Å². The number of hydrogen-bond acceptors (Lipinski definition) is 3. The molecule has 0 aliphatic carbocycles. The fourth-order valence-electron chi connectivity index (χ4n) is 2.85. The van der Waals surface area contributed by atoms with Crippen molar-refractivity contribution in [3.05, 3.63) is 0 Å². The monoisotopic (exact) mass is 448 g/mol. The van der Waals surface area contributed by atoms with Crippen LogP contribution in [0.3, 0.4) is 0 Å². The molecule has 0 amide bonds. The van der Waals surface area contributed by atoms with Crippen LogP contribution in [0.1, 0.15) is 19.3 Å². The van der Waals surface area contributed by atoms with E-state index < -0.39 is 46.1 Å². The van der Waals surface area contributed by atoms with Crippen molar-refractivity contribution in [1.29, 1.82) is 0 Å². The first-order valence-electron chi connectivity index (χ1n) is 9.44. The minimum Gasteiger partial charge on any atom is -0.437 e. The quantitative estimate of drug-likeness (QED) is 0.245. The molecule has 1 atom stereocenters. The number of hydrogen-bond donors (Lipinski definition) is 0. The Bertz CT molecular complexity index is 420. The van der Waals surface area contributed by atoms with Gasteiger partial charge in [0.05, 0.1) is 0 Å². The van der Waals surface area contributed by atoms with E-state index in [1.54, 1.807) is 6.55 Å². The molecule has 0 aliphatic rings. The highest BCUT2D eigenvalue weighted by molar-refractivity contribution is 6.86. The van der Waals surface area contributed by atoms with E-state index in [-0.39, 0.29) is 6.04 Å². The molecule has 0 fully saturated rings. The number of unbranched alkanes of at least 4 members (excludes halogenated alkanes) is 1. The van der Waals surface area contributed by atoms with Gasteiger partial charge in [0.15, 0.2) is 8.32 Å². The third-order valence-corrected chi connectivity index (χ3v) is 15.5. The lowest BCUT2D eigenvalue weighted by atomic mass is 10.4. The molecule has 0 spiro atoms. The van der Waals surface area contributed by atoms with Gasteiger partial charge in [0.2, 0.25) is 0 Å². The van der Waals surface area contributed by atoms with Crippen molar-refractivity contribution in [3.8, 4) is 0 Å². The highest BCUT2D eigenvalue weighted by Crippen LogP contribution is 2.30. The maximum Gasteiger partial charge on any atom is 0.389 e. The van der Waals surface area contributed by atoms with Crippen LogP contribution in [0.25, 0.3) is 0 Å². The lowest BCUT2D eigenvalue weighted by molar-refractivity contribution is -0.131. The fraction of sp³-hybridized carbons (Fsp3) is 1.00. The van der Waals surface area contributed by atoms with Gasteiger partial charge < -0.3 is 12.7 Å². The van der Waals surface area contributed by atoms with Crippen molar-refractivity contribution in [3.63, 3.8) is 0 Å². The van der Waals surface area contributed by atoms with Crippen LogP contribution in [0.15, 0.2) is 0 Å². The molecule has 0 radical (unpaired) electrons. The first-order valence-corrected chi connectivity index (χ1v) is 21.9. The van der Waals surface area contributed by atoms with Crippen LogP contribution in [0.5, 0.6) is 0 Å². The molecule has 1 unspecified atom stereocenters. The molecule has 0 aromatic rings. The van der Waals surface area contributed by atoms with E-state index in [0.717, 1.165) is 12.8 Å². The second-order valence-electron chi connectivity index (χ2n) is 9.83. The third-order valence-electron chi connectivity index (χ3n) is 3.60. The molecule has 3 nitrogen and oxygen atoms in total. The highest BCUT2D eigenvalue weighted by Gasteiger charge is 2.44. The molecule has 0 aromatic heterocycles. The molecular formula is C16H39F3O3Si4. The Balaban J connectivity index is 4.84. The third kappa shape index (κ3) is 15.6. The van der Waals surface area contributed by atoms with Gasteiger partial charge in [0.25, 0.3) is 0 Å². The van der Waals surface area contributed by atoms with E-state index in [1.165, 1.54) is 6.04 Å². The van der Waals surface area contributed by atoms with E-state index in [9.17, 15) is 13.2 Å². The summed E-state index contributed by atoms with van der Waals surface area (Å²) in [7, 11) is -8.39. The van der Waals surface area contributed by atoms with Crippen molar-refractivity contribution in [2.24, 2.45) is 0 Å². The average molecular weight is 449 g/mol. The van der Waals surface area contributed by atoms with E-state index >= 15 is 0 Å². The first kappa shape index (κ1) is 26.5. The smallest absolute Gasteiger partial charge is 0.389 e. The van der Waals surface area contributed by atoms with Crippen LogP contribution >= 0.6 is 0 Å². The van der Waals surface area contributed by atoms with Crippen LogP contribution in [0, 0.1) is 0 Å². The lowest BCUT2D eigenvalue weighted by Gasteiger charge is -2.38. The van der Waals surface area contributed by atoms with Crippen LogP contribution in [0.2, 0.25) is 71.0 Å². The van der Waals surface area contributed by atoms with Crippen LogP contribution in [0.4, 0.5) is 13.2 Å². The van der Waals surface area contributed by atoms with Crippen LogP contribution in [-0.4, -0.2) is 46.3 Å². The summed E-state index contributed by atoms with van der Waals surface area (Å²) in [4.78, 5) is 0. The zero-order chi connectivity index (χ0) is 20.9. The number of rotatable bonds is 12. The fourth-order valence-corrected chi connectivity index (χ4v) is 16.9.